The lowest BCUT2D eigenvalue weighted by Gasteiger charge is -2.10. The molecule has 0 aliphatic carbocycles. The van der Waals surface area contributed by atoms with E-state index in [1.54, 1.807) is 18.2 Å². The quantitative estimate of drug-likeness (QED) is 0.363. The molecule has 0 saturated carbocycles. The van der Waals surface area contributed by atoms with Crippen molar-refractivity contribution in [2.24, 2.45) is 0 Å². The zero-order valence-corrected chi connectivity index (χ0v) is 13.1. The Kier molecular flexibility index (Phi) is 3.91. The van der Waals surface area contributed by atoms with Crippen molar-refractivity contribution < 1.29 is 28.6 Å². The largest absolute Gasteiger partial charge is 0.497 e. The normalized spacial score (nSPS) is 12.6. The SMILES string of the molecule is COc1ccc(OC(=O)c2ccc3c(c2)C(=O)OC3=O)[c]([Al])c1. The highest BCUT2D eigenvalue weighted by molar-refractivity contribution is 6.34. The van der Waals surface area contributed by atoms with Gasteiger partial charge >= 0.3 is 17.9 Å². The van der Waals surface area contributed by atoms with Crippen LogP contribution in [0.4, 0.5) is 0 Å². The number of fused-ring (bicyclic) bond motifs is 1. The van der Waals surface area contributed by atoms with Crippen LogP contribution in [0.2, 0.25) is 0 Å². The Morgan fingerprint density at radius 3 is 2.48 bits per heavy atom. The molecule has 0 N–H and O–H groups in total. The maximum atomic E-state index is 12.2. The first-order valence-electron chi connectivity index (χ1n) is 6.56. The molecule has 0 saturated heterocycles. The van der Waals surface area contributed by atoms with Gasteiger partial charge in [0.15, 0.2) is 16.3 Å². The molecule has 0 aromatic heterocycles. The Hall–Kier alpha value is -2.62. The second kappa shape index (κ2) is 5.88. The number of carbonyl (C=O) groups excluding carboxylic acids is 3. The molecule has 23 heavy (non-hydrogen) atoms. The summed E-state index contributed by atoms with van der Waals surface area (Å²) in [6, 6.07) is 9.03. The van der Waals surface area contributed by atoms with E-state index in [-0.39, 0.29) is 16.7 Å². The highest BCUT2D eigenvalue weighted by Crippen LogP contribution is 2.22. The molecule has 0 fully saturated rings. The van der Waals surface area contributed by atoms with Gasteiger partial charge < -0.3 is 14.2 Å². The van der Waals surface area contributed by atoms with Gasteiger partial charge in [-0.2, -0.15) is 0 Å². The summed E-state index contributed by atoms with van der Waals surface area (Å²) < 4.78 is 15.5. The summed E-state index contributed by atoms with van der Waals surface area (Å²) in [4.78, 5) is 35.1. The molecule has 112 valence electrons. The number of esters is 3. The highest BCUT2D eigenvalue weighted by atomic mass is 27.0. The summed E-state index contributed by atoms with van der Waals surface area (Å²) in [5.74, 6) is -1.15. The van der Waals surface area contributed by atoms with Crippen molar-refractivity contribution in [1.29, 1.82) is 0 Å². The average Bonchev–Trinajstić information content (AvgIpc) is 2.83. The molecule has 1 aliphatic heterocycles. The van der Waals surface area contributed by atoms with E-state index in [0.29, 0.717) is 15.9 Å². The molecule has 2 aromatic carbocycles. The number of cyclic esters (lactones) is 2. The van der Waals surface area contributed by atoms with Gasteiger partial charge in [-0.15, -0.1) is 0 Å². The predicted octanol–water partition coefficient (Wildman–Crippen LogP) is 1.02. The van der Waals surface area contributed by atoms with Crippen LogP contribution in [0, 0.1) is 0 Å². The van der Waals surface area contributed by atoms with E-state index in [4.69, 9.17) is 9.47 Å². The van der Waals surface area contributed by atoms with E-state index in [1.165, 1.54) is 25.3 Å². The smallest absolute Gasteiger partial charge is 0.346 e. The first-order valence-corrected chi connectivity index (χ1v) is 7.13. The van der Waals surface area contributed by atoms with E-state index < -0.39 is 17.9 Å². The van der Waals surface area contributed by atoms with Crippen LogP contribution in [0.1, 0.15) is 31.1 Å². The Morgan fingerprint density at radius 1 is 1.04 bits per heavy atom. The third kappa shape index (κ3) is 2.84. The zero-order chi connectivity index (χ0) is 16.6. The van der Waals surface area contributed by atoms with Crippen LogP contribution in [0.5, 0.6) is 11.5 Å². The first kappa shape index (κ1) is 15.3. The van der Waals surface area contributed by atoms with Gasteiger partial charge in [-0.05, 0) is 36.4 Å². The van der Waals surface area contributed by atoms with E-state index in [0.717, 1.165) is 0 Å². The molecule has 3 rings (SSSR count). The lowest BCUT2D eigenvalue weighted by atomic mass is 10.1. The second-order valence-electron chi connectivity index (χ2n) is 4.73. The number of rotatable bonds is 3. The minimum absolute atomic E-state index is 0.0604. The lowest BCUT2D eigenvalue weighted by Crippen LogP contribution is -2.16. The van der Waals surface area contributed by atoms with E-state index >= 15 is 0 Å². The molecule has 2 radical (unpaired) electrons. The van der Waals surface area contributed by atoms with Crippen molar-refractivity contribution in [1.82, 2.24) is 0 Å². The number of benzene rings is 2. The van der Waals surface area contributed by atoms with Gasteiger partial charge in [-0.3, -0.25) is 0 Å². The fraction of sp³-hybridized carbons (Fsp3) is 0.0625. The van der Waals surface area contributed by atoms with Gasteiger partial charge in [0.25, 0.3) is 0 Å². The average molecular weight is 324 g/mol. The van der Waals surface area contributed by atoms with E-state index in [1.807, 2.05) is 0 Å². The molecular formula is C16H9AlO6. The molecule has 0 bridgehead atoms. The molecule has 0 unspecified atom stereocenters. The summed E-state index contributed by atoms with van der Waals surface area (Å²) in [7, 11) is 1.54. The van der Waals surface area contributed by atoms with Crippen LogP contribution in [0.3, 0.4) is 0 Å². The van der Waals surface area contributed by atoms with Crippen molar-refractivity contribution in [3.05, 3.63) is 53.1 Å². The minimum Gasteiger partial charge on any atom is -0.497 e. The number of hydrogen-bond donors (Lipinski definition) is 0. The number of methoxy groups -OCH3 is 1. The van der Waals surface area contributed by atoms with E-state index in [9.17, 15) is 14.4 Å². The van der Waals surface area contributed by atoms with Crippen molar-refractivity contribution in [3.8, 4) is 11.5 Å². The van der Waals surface area contributed by atoms with Crippen LogP contribution < -0.4 is 13.9 Å². The topological polar surface area (TPSA) is 78.9 Å². The third-order valence-electron chi connectivity index (χ3n) is 3.30. The zero-order valence-electron chi connectivity index (χ0n) is 12.0. The molecule has 1 aliphatic rings. The summed E-state index contributed by atoms with van der Waals surface area (Å²) in [6.45, 7) is 0. The second-order valence-corrected chi connectivity index (χ2v) is 5.35. The van der Waals surface area contributed by atoms with Gasteiger partial charge in [-0.25, -0.2) is 14.4 Å². The molecule has 6 nitrogen and oxygen atoms in total. The standard InChI is InChI=1S/C16H9O6.Al/c1-20-10-3-5-11(6-4-10)21-14(17)9-2-7-12-13(8-9)16(19)22-15(12)18;/h2-5,7-8H,1H3;. The van der Waals surface area contributed by atoms with E-state index in [2.05, 4.69) is 21.0 Å². The lowest BCUT2D eigenvalue weighted by molar-refractivity contribution is 0.0443. The third-order valence-corrected chi connectivity index (χ3v) is 3.75. The van der Waals surface area contributed by atoms with Gasteiger partial charge in [0.05, 0.1) is 23.8 Å². The van der Waals surface area contributed by atoms with Crippen molar-refractivity contribution >= 4 is 38.6 Å². The number of hydrogen-bond acceptors (Lipinski definition) is 6. The van der Waals surface area contributed by atoms with Crippen LogP contribution in [0.25, 0.3) is 0 Å². The molecule has 0 amide bonds. The van der Waals surface area contributed by atoms with Gasteiger partial charge in [0, 0.05) is 0 Å². The number of carbonyl (C=O) groups is 3. The molecular weight excluding hydrogens is 315 g/mol. The molecule has 0 atom stereocenters. The monoisotopic (exact) mass is 324 g/mol. The summed E-state index contributed by atoms with van der Waals surface area (Å²) >= 11 is 2.45. The maximum Gasteiger partial charge on any atom is 0.346 e. The first-order chi connectivity index (χ1) is 11.0. The Morgan fingerprint density at radius 2 is 1.78 bits per heavy atom. The summed E-state index contributed by atoms with van der Waals surface area (Å²) in [5, 5.41) is 0. The molecule has 2 aromatic rings. The molecule has 0 spiro atoms. The van der Waals surface area contributed by atoms with Crippen LogP contribution >= 0.6 is 0 Å². The Bertz CT molecular complexity index is 842. The van der Waals surface area contributed by atoms with Crippen molar-refractivity contribution in [2.75, 3.05) is 7.11 Å². The minimum atomic E-state index is -0.768. The maximum absolute atomic E-state index is 12.2. The van der Waals surface area contributed by atoms with Crippen LogP contribution in [-0.4, -0.2) is 41.3 Å². The predicted molar refractivity (Wildman–Crippen MR) is 79.5 cm³/mol. The Balaban J connectivity index is 1.86. The van der Waals surface area contributed by atoms with Gasteiger partial charge in [0.1, 0.15) is 11.5 Å². The van der Waals surface area contributed by atoms with Gasteiger partial charge in [-0.1, -0.05) is 4.43 Å². The molecule has 7 heteroatoms. The van der Waals surface area contributed by atoms with Crippen LogP contribution in [-0.2, 0) is 4.74 Å². The fourth-order valence-corrected chi connectivity index (χ4v) is 2.44. The van der Waals surface area contributed by atoms with Crippen molar-refractivity contribution in [2.45, 2.75) is 0 Å². The number of ether oxygens (including phenoxy) is 3. The summed E-state index contributed by atoms with van der Waals surface area (Å²) in [5.41, 5.74) is 0.351. The highest BCUT2D eigenvalue weighted by Gasteiger charge is 2.30. The molecule has 1 heterocycles. The Labute approximate surface area is 139 Å². The fourth-order valence-electron chi connectivity index (χ4n) is 2.12. The van der Waals surface area contributed by atoms with Crippen molar-refractivity contribution in [3.63, 3.8) is 0 Å². The van der Waals surface area contributed by atoms with Crippen LogP contribution in [0.15, 0.2) is 36.4 Å². The summed E-state index contributed by atoms with van der Waals surface area (Å²) in [6.07, 6.45) is 0. The van der Waals surface area contributed by atoms with Gasteiger partial charge in [0.2, 0.25) is 0 Å².